The molecule has 2 unspecified atom stereocenters. The van der Waals surface area contributed by atoms with Crippen LogP contribution < -0.4 is 11.1 Å². The standard InChI is InChI=1S/C15H26N2O.ClH/c1-15(5-6-15)9-17-14(18)12-7-10-3-2-4-11(8-12)13(10)16;/h10-13H,2-9,16H2,1H3,(H,17,18);1H. The summed E-state index contributed by atoms with van der Waals surface area (Å²) in [4.78, 5) is 12.3. The Morgan fingerprint density at radius 2 is 1.84 bits per heavy atom. The van der Waals surface area contributed by atoms with Gasteiger partial charge in [0.2, 0.25) is 5.91 Å². The van der Waals surface area contributed by atoms with Gasteiger partial charge >= 0.3 is 0 Å². The van der Waals surface area contributed by atoms with Crippen LogP contribution in [0.25, 0.3) is 0 Å². The third kappa shape index (κ3) is 3.25. The summed E-state index contributed by atoms with van der Waals surface area (Å²) in [5.41, 5.74) is 6.68. The SMILES string of the molecule is CC1(CNC(=O)C2CC3CCCC(C2)C3N)CC1.Cl. The fourth-order valence-corrected chi connectivity index (χ4v) is 3.84. The minimum absolute atomic E-state index is 0. The van der Waals surface area contributed by atoms with Gasteiger partial charge in [-0.15, -0.1) is 12.4 Å². The molecule has 0 heterocycles. The summed E-state index contributed by atoms with van der Waals surface area (Å²) < 4.78 is 0. The van der Waals surface area contributed by atoms with Crippen LogP contribution in [0.3, 0.4) is 0 Å². The number of carbonyl (C=O) groups is 1. The first-order chi connectivity index (χ1) is 8.57. The van der Waals surface area contributed by atoms with Gasteiger partial charge < -0.3 is 11.1 Å². The van der Waals surface area contributed by atoms with Crippen molar-refractivity contribution in [3.05, 3.63) is 0 Å². The van der Waals surface area contributed by atoms with Gasteiger partial charge in [-0.05, 0) is 55.8 Å². The second kappa shape index (κ2) is 5.61. The predicted octanol–water partition coefficient (Wildman–Crippen LogP) is 2.48. The third-order valence-corrected chi connectivity index (χ3v) is 5.58. The molecule has 3 rings (SSSR count). The van der Waals surface area contributed by atoms with Crippen molar-refractivity contribution in [3.63, 3.8) is 0 Å². The molecular formula is C15H27ClN2O. The van der Waals surface area contributed by atoms with Crippen molar-refractivity contribution in [1.82, 2.24) is 5.32 Å². The minimum Gasteiger partial charge on any atom is -0.355 e. The molecule has 3 nitrogen and oxygen atoms in total. The first-order valence-electron chi connectivity index (χ1n) is 7.61. The van der Waals surface area contributed by atoms with Crippen molar-refractivity contribution in [2.24, 2.45) is 28.9 Å². The van der Waals surface area contributed by atoms with Crippen LogP contribution in [0, 0.1) is 23.2 Å². The summed E-state index contributed by atoms with van der Waals surface area (Å²) in [7, 11) is 0. The third-order valence-electron chi connectivity index (χ3n) is 5.58. The van der Waals surface area contributed by atoms with Crippen molar-refractivity contribution in [3.8, 4) is 0 Å². The zero-order valence-electron chi connectivity index (χ0n) is 11.9. The monoisotopic (exact) mass is 286 g/mol. The summed E-state index contributed by atoms with van der Waals surface area (Å²) in [6.07, 6.45) is 8.39. The number of amides is 1. The van der Waals surface area contributed by atoms with Gasteiger partial charge in [0.25, 0.3) is 0 Å². The molecule has 0 aromatic carbocycles. The first-order valence-corrected chi connectivity index (χ1v) is 7.61. The molecule has 1 amide bonds. The van der Waals surface area contributed by atoms with Gasteiger partial charge in [0, 0.05) is 18.5 Å². The van der Waals surface area contributed by atoms with Gasteiger partial charge in [-0.3, -0.25) is 4.79 Å². The van der Waals surface area contributed by atoms with E-state index in [1.807, 2.05) is 0 Å². The number of nitrogens with two attached hydrogens (primary N) is 1. The molecule has 0 saturated heterocycles. The maximum atomic E-state index is 12.3. The number of carbonyl (C=O) groups excluding carboxylic acids is 1. The number of hydrogen-bond donors (Lipinski definition) is 2. The van der Waals surface area contributed by atoms with E-state index in [9.17, 15) is 4.79 Å². The van der Waals surface area contributed by atoms with E-state index in [0.29, 0.717) is 29.2 Å². The lowest BCUT2D eigenvalue weighted by Gasteiger charge is -2.43. The Balaban J connectivity index is 0.00000133. The molecule has 4 heteroatoms. The van der Waals surface area contributed by atoms with Crippen LogP contribution >= 0.6 is 12.4 Å². The molecule has 19 heavy (non-hydrogen) atoms. The fraction of sp³-hybridized carbons (Fsp3) is 0.933. The van der Waals surface area contributed by atoms with Gasteiger partial charge in [0.05, 0.1) is 0 Å². The Morgan fingerprint density at radius 1 is 1.26 bits per heavy atom. The van der Waals surface area contributed by atoms with Crippen LogP contribution in [-0.2, 0) is 4.79 Å². The van der Waals surface area contributed by atoms with Gasteiger partial charge in [-0.1, -0.05) is 13.3 Å². The normalized spacial score (nSPS) is 39.1. The highest BCUT2D eigenvalue weighted by Crippen LogP contribution is 2.45. The molecule has 0 spiro atoms. The van der Waals surface area contributed by atoms with Gasteiger partial charge in [0.1, 0.15) is 0 Å². The van der Waals surface area contributed by atoms with Crippen LogP contribution in [0.15, 0.2) is 0 Å². The van der Waals surface area contributed by atoms with E-state index in [-0.39, 0.29) is 18.3 Å². The van der Waals surface area contributed by atoms with Crippen molar-refractivity contribution in [2.75, 3.05) is 6.54 Å². The summed E-state index contributed by atoms with van der Waals surface area (Å²) >= 11 is 0. The molecule has 110 valence electrons. The molecule has 0 aliphatic heterocycles. The van der Waals surface area contributed by atoms with Crippen molar-refractivity contribution < 1.29 is 4.79 Å². The van der Waals surface area contributed by atoms with Crippen molar-refractivity contribution in [1.29, 1.82) is 0 Å². The largest absolute Gasteiger partial charge is 0.355 e. The number of halogens is 1. The smallest absolute Gasteiger partial charge is 0.223 e. The number of rotatable bonds is 3. The lowest BCUT2D eigenvalue weighted by Crippen LogP contribution is -2.49. The van der Waals surface area contributed by atoms with Crippen molar-refractivity contribution in [2.45, 2.75) is 57.9 Å². The lowest BCUT2D eigenvalue weighted by molar-refractivity contribution is -0.128. The van der Waals surface area contributed by atoms with E-state index in [1.54, 1.807) is 0 Å². The summed E-state index contributed by atoms with van der Waals surface area (Å²) in [6, 6.07) is 0.365. The van der Waals surface area contributed by atoms with Crippen LogP contribution in [0.4, 0.5) is 0 Å². The van der Waals surface area contributed by atoms with Gasteiger partial charge in [-0.2, -0.15) is 0 Å². The maximum Gasteiger partial charge on any atom is 0.223 e. The Kier molecular flexibility index (Phi) is 4.46. The molecule has 2 bridgehead atoms. The average molecular weight is 287 g/mol. The first kappa shape index (κ1) is 15.1. The molecule has 0 aromatic heterocycles. The Hall–Kier alpha value is -0.280. The molecule has 0 radical (unpaired) electrons. The fourth-order valence-electron chi connectivity index (χ4n) is 3.84. The second-order valence-corrected chi connectivity index (χ2v) is 7.23. The van der Waals surface area contributed by atoms with E-state index in [2.05, 4.69) is 12.2 Å². The second-order valence-electron chi connectivity index (χ2n) is 7.23. The van der Waals surface area contributed by atoms with E-state index in [0.717, 1.165) is 19.4 Å². The quantitative estimate of drug-likeness (QED) is 0.837. The Morgan fingerprint density at radius 3 is 2.37 bits per heavy atom. The molecule has 0 aromatic rings. The molecule has 3 aliphatic rings. The van der Waals surface area contributed by atoms with E-state index in [1.165, 1.54) is 32.1 Å². The molecule has 3 N–H and O–H groups in total. The Labute approximate surface area is 122 Å². The number of hydrogen-bond acceptors (Lipinski definition) is 2. The van der Waals surface area contributed by atoms with E-state index < -0.39 is 0 Å². The zero-order chi connectivity index (χ0) is 12.8. The topological polar surface area (TPSA) is 55.1 Å². The highest BCUT2D eigenvalue weighted by Gasteiger charge is 2.42. The van der Waals surface area contributed by atoms with Crippen LogP contribution in [0.2, 0.25) is 0 Å². The lowest BCUT2D eigenvalue weighted by atomic mass is 9.65. The van der Waals surface area contributed by atoms with Crippen LogP contribution in [0.5, 0.6) is 0 Å². The predicted molar refractivity (Wildman–Crippen MR) is 79.1 cm³/mol. The van der Waals surface area contributed by atoms with Crippen LogP contribution in [0.1, 0.15) is 51.9 Å². The Bertz CT molecular complexity index is 329. The number of nitrogens with one attached hydrogen (secondary N) is 1. The maximum absolute atomic E-state index is 12.3. The zero-order valence-corrected chi connectivity index (χ0v) is 12.7. The number of fused-ring (bicyclic) bond motifs is 2. The van der Waals surface area contributed by atoms with E-state index >= 15 is 0 Å². The van der Waals surface area contributed by atoms with E-state index in [4.69, 9.17) is 5.73 Å². The highest BCUT2D eigenvalue weighted by molar-refractivity contribution is 5.85. The molecule has 3 fully saturated rings. The molecular weight excluding hydrogens is 260 g/mol. The molecule has 2 atom stereocenters. The molecule has 3 saturated carbocycles. The van der Waals surface area contributed by atoms with Crippen LogP contribution in [-0.4, -0.2) is 18.5 Å². The molecule has 3 aliphatic carbocycles. The van der Waals surface area contributed by atoms with Crippen molar-refractivity contribution >= 4 is 18.3 Å². The minimum atomic E-state index is 0. The van der Waals surface area contributed by atoms with Gasteiger partial charge in [0.15, 0.2) is 0 Å². The summed E-state index contributed by atoms with van der Waals surface area (Å²) in [5, 5.41) is 3.18. The highest BCUT2D eigenvalue weighted by atomic mass is 35.5. The van der Waals surface area contributed by atoms with Gasteiger partial charge in [-0.25, -0.2) is 0 Å². The summed E-state index contributed by atoms with van der Waals surface area (Å²) in [5.74, 6) is 1.74. The average Bonchev–Trinajstić information content (AvgIpc) is 3.04. The summed E-state index contributed by atoms with van der Waals surface area (Å²) in [6.45, 7) is 3.14.